The second-order valence-electron chi connectivity index (χ2n) is 4.79. The van der Waals surface area contributed by atoms with Crippen LogP contribution in [0.4, 0.5) is 0 Å². The lowest BCUT2D eigenvalue weighted by Gasteiger charge is -2.24. The summed E-state index contributed by atoms with van der Waals surface area (Å²) in [6.07, 6.45) is 4.95. The number of likely N-dealkylation sites (tertiary alicyclic amines) is 1. The van der Waals surface area contributed by atoms with Crippen LogP contribution in [0.1, 0.15) is 35.6 Å². The third-order valence-electron chi connectivity index (χ3n) is 3.32. The van der Waals surface area contributed by atoms with E-state index in [4.69, 9.17) is 14.8 Å². The molecule has 106 valence electrons. The number of nitrogens with zero attached hydrogens (tertiary/aromatic N) is 4. The molecule has 2 aromatic heterocycles. The molecule has 0 spiro atoms. The number of hydrogen-bond donors (Lipinski definition) is 1. The summed E-state index contributed by atoms with van der Waals surface area (Å²) in [6.45, 7) is 2.69. The van der Waals surface area contributed by atoms with Gasteiger partial charge >= 0.3 is 0 Å². The van der Waals surface area contributed by atoms with Crippen molar-refractivity contribution in [2.24, 2.45) is 5.73 Å². The highest BCUT2D eigenvalue weighted by molar-refractivity contribution is 5.96. The van der Waals surface area contributed by atoms with E-state index in [-0.39, 0.29) is 11.5 Å². The van der Waals surface area contributed by atoms with Gasteiger partial charge in [-0.15, -0.1) is 0 Å². The van der Waals surface area contributed by atoms with Crippen molar-refractivity contribution in [2.45, 2.75) is 25.8 Å². The number of carbonyl (C=O) groups excluding carboxylic acids is 1. The van der Waals surface area contributed by atoms with E-state index in [1.165, 1.54) is 25.5 Å². The van der Waals surface area contributed by atoms with Crippen molar-refractivity contribution >= 4 is 5.91 Å². The largest absolute Gasteiger partial charge is 0.364 e. The van der Waals surface area contributed by atoms with Crippen molar-refractivity contribution < 1.29 is 13.8 Å². The maximum Gasteiger partial charge on any atom is 0.271 e. The van der Waals surface area contributed by atoms with Gasteiger partial charge in [-0.3, -0.25) is 9.69 Å². The molecule has 8 heteroatoms. The van der Waals surface area contributed by atoms with Gasteiger partial charge in [0.2, 0.25) is 11.7 Å². The lowest BCUT2D eigenvalue weighted by Crippen LogP contribution is -2.29. The molecule has 3 heterocycles. The van der Waals surface area contributed by atoms with E-state index in [9.17, 15) is 4.79 Å². The number of nitrogens with two attached hydrogens (primary N) is 1. The number of aromatic nitrogens is 3. The van der Waals surface area contributed by atoms with Gasteiger partial charge in [-0.1, -0.05) is 16.7 Å². The van der Waals surface area contributed by atoms with E-state index in [0.29, 0.717) is 18.0 Å². The minimum absolute atomic E-state index is 0.00956. The smallest absolute Gasteiger partial charge is 0.271 e. The normalized spacial score (nSPS) is 16.4. The highest BCUT2D eigenvalue weighted by Crippen LogP contribution is 2.20. The van der Waals surface area contributed by atoms with Crippen LogP contribution in [0.2, 0.25) is 0 Å². The minimum atomic E-state index is -0.684. The quantitative estimate of drug-likeness (QED) is 0.880. The van der Waals surface area contributed by atoms with Crippen molar-refractivity contribution in [1.82, 2.24) is 20.2 Å². The Bertz CT molecular complexity index is 600. The molecule has 1 fully saturated rings. The molecule has 2 N–H and O–H groups in total. The van der Waals surface area contributed by atoms with Crippen molar-refractivity contribution in [1.29, 1.82) is 0 Å². The molecule has 0 unspecified atom stereocenters. The summed E-state index contributed by atoms with van der Waals surface area (Å²) in [7, 11) is 0. The van der Waals surface area contributed by atoms with Crippen molar-refractivity contribution in [3.63, 3.8) is 0 Å². The van der Waals surface area contributed by atoms with Crippen LogP contribution in [0.15, 0.2) is 15.3 Å². The van der Waals surface area contributed by atoms with E-state index < -0.39 is 5.91 Å². The molecule has 1 saturated heterocycles. The SMILES string of the molecule is NC(=O)c1nocc1-c1noc(CN2CCCCC2)n1. The van der Waals surface area contributed by atoms with Gasteiger partial charge in [0, 0.05) is 0 Å². The number of primary amides is 1. The van der Waals surface area contributed by atoms with Crippen LogP contribution in [0, 0.1) is 0 Å². The molecule has 0 bridgehead atoms. The van der Waals surface area contributed by atoms with Gasteiger partial charge in [0.25, 0.3) is 5.91 Å². The number of hydrogen-bond acceptors (Lipinski definition) is 7. The molecule has 3 rings (SSSR count). The Kier molecular flexibility index (Phi) is 3.46. The standard InChI is InChI=1S/C12H15N5O3/c13-11(18)10-8(7-19-15-10)12-14-9(20-16-12)6-17-4-2-1-3-5-17/h7H,1-6H2,(H2,13,18). The van der Waals surface area contributed by atoms with E-state index in [0.717, 1.165) is 13.1 Å². The maximum atomic E-state index is 11.2. The first-order valence-electron chi connectivity index (χ1n) is 6.53. The fourth-order valence-corrected chi connectivity index (χ4v) is 2.31. The van der Waals surface area contributed by atoms with Crippen LogP contribution in [-0.2, 0) is 6.54 Å². The average molecular weight is 277 g/mol. The third kappa shape index (κ3) is 2.55. The Morgan fingerprint density at radius 3 is 2.85 bits per heavy atom. The Labute approximate surface area is 114 Å². The summed E-state index contributed by atoms with van der Waals surface area (Å²) in [5, 5.41) is 7.38. The molecule has 1 aliphatic rings. The molecule has 1 amide bonds. The Morgan fingerprint density at radius 1 is 1.30 bits per heavy atom. The zero-order chi connectivity index (χ0) is 13.9. The molecule has 0 radical (unpaired) electrons. The van der Waals surface area contributed by atoms with Gasteiger partial charge in [0.05, 0.1) is 12.1 Å². The number of amides is 1. The predicted octanol–water partition coefficient (Wildman–Crippen LogP) is 0.809. The van der Waals surface area contributed by atoms with Crippen LogP contribution < -0.4 is 5.73 Å². The first-order valence-corrected chi connectivity index (χ1v) is 6.53. The number of carbonyl (C=O) groups is 1. The third-order valence-corrected chi connectivity index (χ3v) is 3.32. The van der Waals surface area contributed by atoms with Crippen molar-refractivity contribution in [2.75, 3.05) is 13.1 Å². The average Bonchev–Trinajstić information content (AvgIpc) is 3.07. The Hall–Kier alpha value is -2.22. The summed E-state index contributed by atoms with van der Waals surface area (Å²) in [6, 6.07) is 0. The molecule has 0 aliphatic carbocycles. The second-order valence-corrected chi connectivity index (χ2v) is 4.79. The summed E-state index contributed by atoms with van der Waals surface area (Å²) >= 11 is 0. The van der Waals surface area contributed by atoms with Crippen LogP contribution in [0.5, 0.6) is 0 Å². The van der Waals surface area contributed by atoms with Gasteiger partial charge < -0.3 is 14.8 Å². The number of rotatable bonds is 4. The first-order chi connectivity index (χ1) is 9.74. The second kappa shape index (κ2) is 5.41. The van der Waals surface area contributed by atoms with Crippen LogP contribution in [-0.4, -0.2) is 39.2 Å². The summed E-state index contributed by atoms with van der Waals surface area (Å²) < 4.78 is 9.94. The Balaban J connectivity index is 1.76. The molecular weight excluding hydrogens is 262 g/mol. The van der Waals surface area contributed by atoms with Gasteiger partial charge in [-0.2, -0.15) is 4.98 Å². The zero-order valence-electron chi connectivity index (χ0n) is 10.9. The fourth-order valence-electron chi connectivity index (χ4n) is 2.31. The molecule has 2 aromatic rings. The monoisotopic (exact) mass is 277 g/mol. The van der Waals surface area contributed by atoms with Crippen LogP contribution in [0.3, 0.4) is 0 Å². The van der Waals surface area contributed by atoms with E-state index in [1.54, 1.807) is 0 Å². The predicted molar refractivity (Wildman–Crippen MR) is 67.4 cm³/mol. The van der Waals surface area contributed by atoms with E-state index in [1.807, 2.05) is 0 Å². The van der Waals surface area contributed by atoms with Gasteiger partial charge in [0.1, 0.15) is 6.26 Å². The topological polar surface area (TPSA) is 111 Å². The minimum Gasteiger partial charge on any atom is -0.364 e. The van der Waals surface area contributed by atoms with E-state index in [2.05, 4.69) is 20.2 Å². The van der Waals surface area contributed by atoms with Gasteiger partial charge in [-0.25, -0.2) is 0 Å². The lowest BCUT2D eigenvalue weighted by atomic mass is 10.1. The van der Waals surface area contributed by atoms with E-state index >= 15 is 0 Å². The Morgan fingerprint density at radius 2 is 2.10 bits per heavy atom. The molecule has 0 atom stereocenters. The number of piperidine rings is 1. The lowest BCUT2D eigenvalue weighted by molar-refractivity contribution is 0.0992. The van der Waals surface area contributed by atoms with Crippen molar-refractivity contribution in [3.05, 3.63) is 17.8 Å². The molecule has 8 nitrogen and oxygen atoms in total. The van der Waals surface area contributed by atoms with Gasteiger partial charge in [-0.05, 0) is 25.9 Å². The summed E-state index contributed by atoms with van der Waals surface area (Å²) in [4.78, 5) is 17.7. The first kappa shape index (κ1) is 12.8. The molecule has 0 saturated carbocycles. The highest BCUT2D eigenvalue weighted by Gasteiger charge is 2.21. The molecule has 20 heavy (non-hydrogen) atoms. The fraction of sp³-hybridized carbons (Fsp3) is 0.500. The van der Waals surface area contributed by atoms with Gasteiger partial charge in [0.15, 0.2) is 5.69 Å². The van der Waals surface area contributed by atoms with Crippen LogP contribution >= 0.6 is 0 Å². The van der Waals surface area contributed by atoms with Crippen molar-refractivity contribution in [3.8, 4) is 11.4 Å². The molecular formula is C12H15N5O3. The molecule has 1 aliphatic heterocycles. The zero-order valence-corrected chi connectivity index (χ0v) is 10.9. The summed E-state index contributed by atoms with van der Waals surface area (Å²) in [5.41, 5.74) is 5.56. The van der Waals surface area contributed by atoms with Crippen LogP contribution in [0.25, 0.3) is 11.4 Å². The highest BCUT2D eigenvalue weighted by atomic mass is 16.5. The maximum absolute atomic E-state index is 11.2. The molecule has 0 aromatic carbocycles. The summed E-state index contributed by atoms with van der Waals surface area (Å²) in [5.74, 6) is 0.0988.